The van der Waals surface area contributed by atoms with Crippen molar-refractivity contribution in [3.8, 4) is 0 Å². The Morgan fingerprint density at radius 1 is 1.22 bits per heavy atom. The van der Waals surface area contributed by atoms with Crippen molar-refractivity contribution in [2.24, 2.45) is 0 Å². The number of carbonyl (C=O) groups is 1. The fraction of sp³-hybridized carbons (Fsp3) is 0.400. The van der Waals surface area contributed by atoms with E-state index < -0.39 is 5.60 Å². The van der Waals surface area contributed by atoms with E-state index in [1.54, 1.807) is 10.8 Å². The number of aromatic nitrogens is 1. The first-order valence-corrected chi connectivity index (χ1v) is 6.09. The molecule has 18 heavy (non-hydrogen) atoms. The van der Waals surface area contributed by atoms with Gasteiger partial charge in [-0.05, 0) is 52.3 Å². The predicted molar refractivity (Wildman–Crippen MR) is 73.0 cm³/mol. The molecule has 0 radical (unpaired) electrons. The number of nitrogens with zero attached hydrogens (tertiary/aromatic N) is 1. The number of carbonyl (C=O) groups excluding carboxylic acids is 1. The van der Waals surface area contributed by atoms with Crippen LogP contribution in [-0.2, 0) is 4.74 Å². The van der Waals surface area contributed by atoms with Crippen LogP contribution in [0.25, 0.3) is 10.9 Å². The molecule has 3 nitrogen and oxygen atoms in total. The highest BCUT2D eigenvalue weighted by atomic mass is 16.6. The SMILES string of the molecule is Cc1cc(C)c2c(ccn2C(=O)OC(C)(C)C)c1. The molecule has 0 bridgehead atoms. The Labute approximate surface area is 107 Å². The lowest BCUT2D eigenvalue weighted by Crippen LogP contribution is -2.26. The van der Waals surface area contributed by atoms with Crippen molar-refractivity contribution in [3.05, 3.63) is 35.5 Å². The number of hydrogen-bond acceptors (Lipinski definition) is 2. The predicted octanol–water partition coefficient (Wildman–Crippen LogP) is 4.04. The van der Waals surface area contributed by atoms with Gasteiger partial charge in [0.2, 0.25) is 0 Å². The van der Waals surface area contributed by atoms with E-state index in [-0.39, 0.29) is 6.09 Å². The molecule has 0 unspecified atom stereocenters. The fourth-order valence-electron chi connectivity index (χ4n) is 2.14. The van der Waals surface area contributed by atoms with Crippen molar-refractivity contribution in [2.75, 3.05) is 0 Å². The summed E-state index contributed by atoms with van der Waals surface area (Å²) in [6.07, 6.45) is 1.44. The highest BCUT2D eigenvalue weighted by Crippen LogP contribution is 2.23. The summed E-state index contributed by atoms with van der Waals surface area (Å²) < 4.78 is 6.98. The molecule has 0 N–H and O–H groups in total. The molecule has 1 heterocycles. The van der Waals surface area contributed by atoms with Crippen molar-refractivity contribution in [1.29, 1.82) is 0 Å². The summed E-state index contributed by atoms with van der Waals surface area (Å²) in [7, 11) is 0. The maximum absolute atomic E-state index is 12.1. The molecule has 96 valence electrons. The minimum absolute atomic E-state index is 0.329. The zero-order valence-corrected chi connectivity index (χ0v) is 11.6. The lowest BCUT2D eigenvalue weighted by Gasteiger charge is -2.20. The van der Waals surface area contributed by atoms with Crippen LogP contribution in [0.3, 0.4) is 0 Å². The summed E-state index contributed by atoms with van der Waals surface area (Å²) in [5.74, 6) is 0. The van der Waals surface area contributed by atoms with Crippen LogP contribution in [0.2, 0.25) is 0 Å². The summed E-state index contributed by atoms with van der Waals surface area (Å²) in [6, 6.07) is 6.09. The molecule has 0 spiro atoms. The molecule has 0 aliphatic heterocycles. The van der Waals surface area contributed by atoms with Crippen LogP contribution >= 0.6 is 0 Å². The van der Waals surface area contributed by atoms with Crippen LogP contribution < -0.4 is 0 Å². The molecule has 0 aliphatic carbocycles. The van der Waals surface area contributed by atoms with E-state index in [0.717, 1.165) is 16.5 Å². The van der Waals surface area contributed by atoms with Gasteiger partial charge >= 0.3 is 6.09 Å². The molecule has 0 aliphatic rings. The van der Waals surface area contributed by atoms with E-state index in [1.165, 1.54) is 5.56 Å². The molecular formula is C15H19NO2. The normalized spacial score (nSPS) is 11.8. The van der Waals surface area contributed by atoms with Crippen molar-refractivity contribution < 1.29 is 9.53 Å². The molecule has 0 amide bonds. The van der Waals surface area contributed by atoms with Gasteiger partial charge in [0, 0.05) is 11.6 Å². The van der Waals surface area contributed by atoms with Gasteiger partial charge in [-0.25, -0.2) is 4.79 Å². The van der Waals surface area contributed by atoms with Gasteiger partial charge in [0.15, 0.2) is 0 Å². The average molecular weight is 245 g/mol. The lowest BCUT2D eigenvalue weighted by molar-refractivity contribution is 0.0544. The third-order valence-electron chi connectivity index (χ3n) is 2.71. The van der Waals surface area contributed by atoms with Crippen LogP contribution in [-0.4, -0.2) is 16.3 Å². The molecule has 2 aromatic rings. The maximum atomic E-state index is 12.1. The number of fused-ring (bicyclic) bond motifs is 1. The number of benzene rings is 1. The Hall–Kier alpha value is -1.77. The minimum Gasteiger partial charge on any atom is -0.443 e. The zero-order chi connectivity index (χ0) is 13.5. The highest BCUT2D eigenvalue weighted by Gasteiger charge is 2.19. The third-order valence-corrected chi connectivity index (χ3v) is 2.71. The number of aryl methyl sites for hydroxylation is 2. The summed E-state index contributed by atoms with van der Waals surface area (Å²) in [4.78, 5) is 12.1. The molecule has 2 rings (SSSR count). The number of rotatable bonds is 0. The second-order valence-corrected chi connectivity index (χ2v) is 5.69. The van der Waals surface area contributed by atoms with E-state index in [9.17, 15) is 4.79 Å². The Morgan fingerprint density at radius 2 is 1.89 bits per heavy atom. The van der Waals surface area contributed by atoms with E-state index in [4.69, 9.17) is 4.74 Å². The monoisotopic (exact) mass is 245 g/mol. The van der Waals surface area contributed by atoms with Gasteiger partial charge in [-0.3, -0.25) is 4.57 Å². The Bertz CT molecular complexity index is 603. The maximum Gasteiger partial charge on any atom is 0.418 e. The minimum atomic E-state index is -0.480. The van der Waals surface area contributed by atoms with Crippen LogP contribution in [0, 0.1) is 13.8 Å². The van der Waals surface area contributed by atoms with Gasteiger partial charge in [-0.1, -0.05) is 11.6 Å². The van der Waals surface area contributed by atoms with Crippen LogP contribution in [0.1, 0.15) is 31.9 Å². The zero-order valence-electron chi connectivity index (χ0n) is 11.6. The van der Waals surface area contributed by atoms with Gasteiger partial charge in [-0.2, -0.15) is 0 Å². The first-order valence-electron chi connectivity index (χ1n) is 6.09. The molecule has 0 atom stereocenters. The summed E-state index contributed by atoms with van der Waals surface area (Å²) in [5, 5.41) is 1.07. The molecule has 0 saturated carbocycles. The molecule has 1 aromatic carbocycles. The smallest absolute Gasteiger partial charge is 0.418 e. The second-order valence-electron chi connectivity index (χ2n) is 5.69. The Kier molecular flexibility index (Phi) is 2.93. The van der Waals surface area contributed by atoms with E-state index in [1.807, 2.05) is 33.8 Å². The van der Waals surface area contributed by atoms with Crippen molar-refractivity contribution in [3.63, 3.8) is 0 Å². The second kappa shape index (κ2) is 4.16. The van der Waals surface area contributed by atoms with Gasteiger partial charge < -0.3 is 4.74 Å². The van der Waals surface area contributed by atoms with Crippen molar-refractivity contribution in [2.45, 2.75) is 40.2 Å². The Morgan fingerprint density at radius 3 is 2.50 bits per heavy atom. The van der Waals surface area contributed by atoms with Crippen LogP contribution in [0.4, 0.5) is 4.79 Å². The lowest BCUT2D eigenvalue weighted by atomic mass is 10.1. The van der Waals surface area contributed by atoms with E-state index in [2.05, 4.69) is 19.1 Å². The Balaban J connectivity index is 2.50. The van der Waals surface area contributed by atoms with Crippen LogP contribution in [0.5, 0.6) is 0 Å². The van der Waals surface area contributed by atoms with Gasteiger partial charge in [0.25, 0.3) is 0 Å². The van der Waals surface area contributed by atoms with Crippen LogP contribution in [0.15, 0.2) is 24.4 Å². The molecular weight excluding hydrogens is 226 g/mol. The highest BCUT2D eigenvalue weighted by molar-refractivity contribution is 5.92. The largest absolute Gasteiger partial charge is 0.443 e. The summed E-state index contributed by atoms with van der Waals surface area (Å²) in [6.45, 7) is 9.67. The van der Waals surface area contributed by atoms with E-state index >= 15 is 0 Å². The van der Waals surface area contributed by atoms with Crippen molar-refractivity contribution >= 4 is 17.0 Å². The molecule has 3 heteroatoms. The van der Waals surface area contributed by atoms with E-state index in [0.29, 0.717) is 0 Å². The topological polar surface area (TPSA) is 31.2 Å². The van der Waals surface area contributed by atoms with Gasteiger partial charge in [-0.15, -0.1) is 0 Å². The van der Waals surface area contributed by atoms with Gasteiger partial charge in [0.1, 0.15) is 5.60 Å². The first kappa shape index (κ1) is 12.7. The standard InChI is InChI=1S/C15H19NO2/c1-10-8-11(2)13-12(9-10)6-7-16(13)14(17)18-15(3,4)5/h6-9H,1-5H3. The van der Waals surface area contributed by atoms with Crippen molar-refractivity contribution in [1.82, 2.24) is 4.57 Å². The number of hydrogen-bond donors (Lipinski definition) is 0. The molecule has 0 saturated heterocycles. The fourth-order valence-corrected chi connectivity index (χ4v) is 2.14. The number of ether oxygens (including phenoxy) is 1. The molecule has 0 fully saturated rings. The third kappa shape index (κ3) is 2.40. The summed E-state index contributed by atoms with van der Waals surface area (Å²) >= 11 is 0. The quantitative estimate of drug-likeness (QED) is 0.701. The first-order chi connectivity index (χ1) is 8.28. The van der Waals surface area contributed by atoms with Gasteiger partial charge in [0.05, 0.1) is 5.52 Å². The summed E-state index contributed by atoms with van der Waals surface area (Å²) in [5.41, 5.74) is 2.73. The average Bonchev–Trinajstić information content (AvgIpc) is 2.58. The molecule has 1 aromatic heterocycles.